The molecular formula is C23H26N6O3. The lowest BCUT2D eigenvalue weighted by molar-refractivity contribution is 0.0724. The number of hydrogen-bond acceptors (Lipinski definition) is 6. The Hall–Kier alpha value is -3.46. The highest BCUT2D eigenvalue weighted by Gasteiger charge is 2.26. The van der Waals surface area contributed by atoms with Crippen molar-refractivity contribution in [2.45, 2.75) is 31.7 Å². The molecule has 0 spiro atoms. The summed E-state index contributed by atoms with van der Waals surface area (Å²) in [6, 6.07) is 8.55. The molecule has 3 N–H and O–H groups in total. The Bertz CT molecular complexity index is 1160. The van der Waals surface area contributed by atoms with Crippen LogP contribution in [0.15, 0.2) is 36.5 Å². The molecule has 2 aliphatic heterocycles. The van der Waals surface area contributed by atoms with Crippen LogP contribution in [0.1, 0.15) is 52.4 Å². The van der Waals surface area contributed by atoms with Crippen LogP contribution in [0.4, 0.5) is 11.6 Å². The predicted molar refractivity (Wildman–Crippen MR) is 121 cm³/mol. The fourth-order valence-corrected chi connectivity index (χ4v) is 4.39. The molecule has 2 aliphatic rings. The first kappa shape index (κ1) is 20.4. The number of likely N-dealkylation sites (tertiary alicyclic amines) is 1. The van der Waals surface area contributed by atoms with Gasteiger partial charge < -0.3 is 15.4 Å². The maximum absolute atomic E-state index is 12.9. The number of nitrogens with one attached hydrogen (secondary N) is 1. The highest BCUT2D eigenvalue weighted by atomic mass is 16.5. The molecule has 5 rings (SSSR count). The van der Waals surface area contributed by atoms with Gasteiger partial charge in [-0.2, -0.15) is 0 Å². The zero-order valence-corrected chi connectivity index (χ0v) is 17.8. The zero-order chi connectivity index (χ0) is 22.1. The lowest BCUT2D eigenvalue weighted by Gasteiger charge is -2.26. The van der Waals surface area contributed by atoms with Crippen LogP contribution >= 0.6 is 0 Å². The second-order valence-corrected chi connectivity index (χ2v) is 8.32. The molecule has 3 aromatic rings. The van der Waals surface area contributed by atoms with E-state index in [4.69, 9.17) is 10.5 Å². The van der Waals surface area contributed by atoms with Crippen LogP contribution in [-0.4, -0.2) is 57.6 Å². The van der Waals surface area contributed by atoms with E-state index in [2.05, 4.69) is 15.3 Å². The average molecular weight is 435 g/mol. The summed E-state index contributed by atoms with van der Waals surface area (Å²) in [7, 11) is 0. The van der Waals surface area contributed by atoms with Gasteiger partial charge in [0.15, 0.2) is 5.65 Å². The second kappa shape index (κ2) is 8.58. The number of nitrogens with zero attached hydrogens (tertiary/aromatic N) is 4. The SMILES string of the molecule is Nc1cccc(C(=O)Nc2nc3cc(C(=O)N4CCCCC4)cnc3n2C2CCOC2)c1. The highest BCUT2D eigenvalue weighted by molar-refractivity contribution is 6.04. The van der Waals surface area contributed by atoms with E-state index in [-0.39, 0.29) is 17.9 Å². The van der Waals surface area contributed by atoms with E-state index in [1.165, 1.54) is 0 Å². The number of ether oxygens (including phenoxy) is 1. The van der Waals surface area contributed by atoms with E-state index < -0.39 is 0 Å². The number of carbonyl (C=O) groups excluding carboxylic acids is 2. The monoisotopic (exact) mass is 434 g/mol. The maximum Gasteiger partial charge on any atom is 0.258 e. The van der Waals surface area contributed by atoms with Gasteiger partial charge in [0, 0.05) is 37.1 Å². The summed E-state index contributed by atoms with van der Waals surface area (Å²) in [5.74, 6) is 0.0542. The number of piperidine rings is 1. The Morgan fingerprint density at radius 2 is 1.97 bits per heavy atom. The van der Waals surface area contributed by atoms with Crippen LogP contribution in [0.5, 0.6) is 0 Å². The first-order valence-electron chi connectivity index (χ1n) is 11.0. The van der Waals surface area contributed by atoms with Crippen molar-refractivity contribution in [2.75, 3.05) is 37.4 Å². The molecule has 0 bridgehead atoms. The zero-order valence-electron chi connectivity index (χ0n) is 17.8. The third kappa shape index (κ3) is 3.91. The van der Waals surface area contributed by atoms with Crippen LogP contribution in [0.2, 0.25) is 0 Å². The number of fused-ring (bicyclic) bond motifs is 1. The number of anilines is 2. The number of hydrogen-bond donors (Lipinski definition) is 2. The standard InChI is InChI=1S/C23H26N6O3/c24-17-6-4-5-15(11-17)21(30)27-23-26-19-12-16(22(31)28-8-2-1-3-9-28)13-25-20(19)29(23)18-7-10-32-14-18/h4-6,11-13,18H,1-3,7-10,14,24H2,(H,26,27,30). The van der Waals surface area contributed by atoms with Gasteiger partial charge in [0.05, 0.1) is 18.2 Å². The van der Waals surface area contributed by atoms with Gasteiger partial charge in [-0.3, -0.25) is 19.5 Å². The molecule has 0 aliphatic carbocycles. The molecule has 166 valence electrons. The van der Waals surface area contributed by atoms with E-state index in [1.54, 1.807) is 36.5 Å². The average Bonchev–Trinajstić information content (AvgIpc) is 3.46. The third-order valence-corrected chi connectivity index (χ3v) is 6.07. The topological polar surface area (TPSA) is 115 Å². The van der Waals surface area contributed by atoms with Gasteiger partial charge in [-0.25, -0.2) is 9.97 Å². The van der Waals surface area contributed by atoms with E-state index in [1.807, 2.05) is 9.47 Å². The molecule has 2 aromatic heterocycles. The number of benzene rings is 1. The van der Waals surface area contributed by atoms with Crippen molar-refractivity contribution in [2.24, 2.45) is 0 Å². The smallest absolute Gasteiger partial charge is 0.258 e. The Morgan fingerprint density at radius 1 is 1.12 bits per heavy atom. The van der Waals surface area contributed by atoms with Crippen molar-refractivity contribution in [3.63, 3.8) is 0 Å². The van der Waals surface area contributed by atoms with Gasteiger partial charge in [0.2, 0.25) is 5.95 Å². The summed E-state index contributed by atoms with van der Waals surface area (Å²) >= 11 is 0. The van der Waals surface area contributed by atoms with Gasteiger partial charge in [-0.1, -0.05) is 6.07 Å². The number of pyridine rings is 1. The third-order valence-electron chi connectivity index (χ3n) is 6.07. The number of amides is 2. The number of aromatic nitrogens is 3. The molecule has 0 saturated carbocycles. The molecule has 4 heterocycles. The van der Waals surface area contributed by atoms with Gasteiger partial charge in [-0.05, 0) is 49.9 Å². The quantitative estimate of drug-likeness (QED) is 0.610. The molecule has 2 saturated heterocycles. The molecular weight excluding hydrogens is 408 g/mol. The minimum absolute atomic E-state index is 0.00675. The van der Waals surface area contributed by atoms with Crippen molar-refractivity contribution in [3.8, 4) is 0 Å². The summed E-state index contributed by atoms with van der Waals surface area (Å²) in [6.45, 7) is 2.69. The minimum atomic E-state index is -0.308. The lowest BCUT2D eigenvalue weighted by Crippen LogP contribution is -2.35. The Morgan fingerprint density at radius 3 is 2.72 bits per heavy atom. The molecule has 32 heavy (non-hydrogen) atoms. The van der Waals surface area contributed by atoms with Crippen LogP contribution in [0, 0.1) is 0 Å². The number of imidazole rings is 1. The van der Waals surface area contributed by atoms with Crippen LogP contribution < -0.4 is 11.1 Å². The fraction of sp³-hybridized carbons (Fsp3) is 0.391. The van der Waals surface area contributed by atoms with Gasteiger partial charge in [0.1, 0.15) is 5.52 Å². The fourth-order valence-electron chi connectivity index (χ4n) is 4.39. The first-order chi connectivity index (χ1) is 15.6. The number of rotatable bonds is 4. The van der Waals surface area contributed by atoms with Crippen molar-refractivity contribution in [1.29, 1.82) is 0 Å². The van der Waals surface area contributed by atoms with Gasteiger partial charge >= 0.3 is 0 Å². The molecule has 9 nitrogen and oxygen atoms in total. The maximum atomic E-state index is 12.9. The van der Waals surface area contributed by atoms with E-state index >= 15 is 0 Å². The number of carbonyl (C=O) groups is 2. The normalized spacial score (nSPS) is 18.8. The van der Waals surface area contributed by atoms with Crippen LogP contribution in [0.25, 0.3) is 11.2 Å². The summed E-state index contributed by atoms with van der Waals surface area (Å²) in [4.78, 5) is 36.9. The van der Waals surface area contributed by atoms with Gasteiger partial charge in [0.25, 0.3) is 11.8 Å². The van der Waals surface area contributed by atoms with E-state index in [9.17, 15) is 9.59 Å². The van der Waals surface area contributed by atoms with Crippen molar-refractivity contribution in [3.05, 3.63) is 47.7 Å². The first-order valence-corrected chi connectivity index (χ1v) is 11.0. The Labute approximate surface area is 185 Å². The number of nitrogens with two attached hydrogens (primary N) is 1. The largest absolute Gasteiger partial charge is 0.399 e. The summed E-state index contributed by atoms with van der Waals surface area (Å²) < 4.78 is 7.47. The van der Waals surface area contributed by atoms with Crippen molar-refractivity contribution >= 4 is 34.6 Å². The Balaban J connectivity index is 1.50. The number of nitrogen functional groups attached to an aromatic ring is 1. The van der Waals surface area contributed by atoms with E-state index in [0.29, 0.717) is 47.1 Å². The van der Waals surface area contributed by atoms with Crippen molar-refractivity contribution < 1.29 is 14.3 Å². The molecule has 9 heteroatoms. The molecule has 2 fully saturated rings. The predicted octanol–water partition coefficient (Wildman–Crippen LogP) is 2.85. The Kier molecular flexibility index (Phi) is 5.48. The molecule has 1 aromatic carbocycles. The summed E-state index contributed by atoms with van der Waals surface area (Å²) in [5, 5.41) is 2.90. The van der Waals surface area contributed by atoms with Crippen LogP contribution in [0.3, 0.4) is 0 Å². The molecule has 0 radical (unpaired) electrons. The summed E-state index contributed by atoms with van der Waals surface area (Å²) in [6.07, 6.45) is 5.61. The van der Waals surface area contributed by atoms with Crippen molar-refractivity contribution in [1.82, 2.24) is 19.4 Å². The molecule has 1 unspecified atom stereocenters. The minimum Gasteiger partial charge on any atom is -0.399 e. The summed E-state index contributed by atoms with van der Waals surface area (Å²) in [5.41, 5.74) is 8.49. The lowest BCUT2D eigenvalue weighted by atomic mass is 10.1. The van der Waals surface area contributed by atoms with Crippen LogP contribution in [-0.2, 0) is 4.74 Å². The molecule has 2 amide bonds. The van der Waals surface area contributed by atoms with Gasteiger partial charge in [-0.15, -0.1) is 0 Å². The second-order valence-electron chi connectivity index (χ2n) is 8.32. The highest BCUT2D eigenvalue weighted by Crippen LogP contribution is 2.29. The van der Waals surface area contributed by atoms with E-state index in [0.717, 1.165) is 38.8 Å². The molecule has 1 atom stereocenters.